The van der Waals surface area contributed by atoms with Crippen molar-refractivity contribution in [3.63, 3.8) is 0 Å². The standard InChI is InChI=1S/C9H13NS.C2H6/c1-7(2)8-5-3-4-6-9(8)11-10;1-2/h3-7H,10H2,1-2H3;1-2H3. The van der Waals surface area contributed by atoms with E-state index >= 15 is 0 Å². The highest BCUT2D eigenvalue weighted by atomic mass is 32.2. The summed E-state index contributed by atoms with van der Waals surface area (Å²) < 4.78 is 0. The fourth-order valence-corrected chi connectivity index (χ4v) is 1.66. The van der Waals surface area contributed by atoms with Crippen LogP contribution >= 0.6 is 11.9 Å². The molecule has 0 fully saturated rings. The zero-order valence-corrected chi connectivity index (χ0v) is 9.69. The molecular formula is C11H19NS. The van der Waals surface area contributed by atoms with Crippen LogP contribution in [0.25, 0.3) is 0 Å². The third-order valence-corrected chi connectivity index (χ3v) is 2.29. The van der Waals surface area contributed by atoms with Gasteiger partial charge in [-0.05, 0) is 29.5 Å². The maximum atomic E-state index is 5.51. The quantitative estimate of drug-likeness (QED) is 0.730. The molecule has 74 valence electrons. The molecule has 0 atom stereocenters. The van der Waals surface area contributed by atoms with E-state index in [1.54, 1.807) is 0 Å². The molecule has 13 heavy (non-hydrogen) atoms. The molecule has 0 aromatic heterocycles. The van der Waals surface area contributed by atoms with Gasteiger partial charge in [0.05, 0.1) is 0 Å². The minimum absolute atomic E-state index is 0.558. The van der Waals surface area contributed by atoms with Crippen LogP contribution in [0.4, 0.5) is 0 Å². The van der Waals surface area contributed by atoms with Crippen molar-refractivity contribution in [3.05, 3.63) is 29.8 Å². The molecule has 0 saturated carbocycles. The number of hydrogen-bond acceptors (Lipinski definition) is 2. The summed E-state index contributed by atoms with van der Waals surface area (Å²) in [4.78, 5) is 1.18. The van der Waals surface area contributed by atoms with E-state index in [0.717, 1.165) is 0 Å². The smallest absolute Gasteiger partial charge is 0.0260 e. The Morgan fingerprint density at radius 1 is 1.15 bits per heavy atom. The Balaban J connectivity index is 0.000000671. The van der Waals surface area contributed by atoms with Gasteiger partial charge in [0, 0.05) is 4.90 Å². The van der Waals surface area contributed by atoms with Gasteiger partial charge >= 0.3 is 0 Å². The Morgan fingerprint density at radius 3 is 2.08 bits per heavy atom. The second-order valence-corrected chi connectivity index (χ2v) is 3.49. The van der Waals surface area contributed by atoms with E-state index in [4.69, 9.17) is 5.14 Å². The van der Waals surface area contributed by atoms with Crippen LogP contribution in [-0.4, -0.2) is 0 Å². The number of rotatable bonds is 2. The van der Waals surface area contributed by atoms with Crippen LogP contribution in [0.1, 0.15) is 39.2 Å². The van der Waals surface area contributed by atoms with Gasteiger partial charge in [-0.3, -0.25) is 5.14 Å². The number of hydrogen-bond donors (Lipinski definition) is 1. The minimum Gasteiger partial charge on any atom is -0.274 e. The zero-order chi connectivity index (χ0) is 10.3. The van der Waals surface area contributed by atoms with Crippen LogP contribution in [0.3, 0.4) is 0 Å². The van der Waals surface area contributed by atoms with Crippen molar-refractivity contribution in [3.8, 4) is 0 Å². The van der Waals surface area contributed by atoms with Gasteiger partial charge in [-0.1, -0.05) is 45.9 Å². The van der Waals surface area contributed by atoms with Crippen LogP contribution < -0.4 is 5.14 Å². The van der Waals surface area contributed by atoms with Gasteiger partial charge in [0.15, 0.2) is 0 Å². The molecular weight excluding hydrogens is 178 g/mol. The SMILES string of the molecule is CC.CC(C)c1ccccc1SN. The lowest BCUT2D eigenvalue weighted by atomic mass is 10.0. The normalized spacial score (nSPS) is 9.38. The van der Waals surface area contributed by atoms with E-state index in [1.165, 1.54) is 22.4 Å². The van der Waals surface area contributed by atoms with Crippen molar-refractivity contribution in [2.75, 3.05) is 0 Å². The molecule has 0 radical (unpaired) electrons. The summed E-state index contributed by atoms with van der Waals surface area (Å²) in [6.07, 6.45) is 0. The molecule has 0 aliphatic carbocycles. The number of benzene rings is 1. The lowest BCUT2D eigenvalue weighted by Gasteiger charge is -2.08. The molecule has 0 aliphatic heterocycles. The van der Waals surface area contributed by atoms with Gasteiger partial charge < -0.3 is 0 Å². The van der Waals surface area contributed by atoms with Gasteiger partial charge in [0.25, 0.3) is 0 Å². The summed E-state index contributed by atoms with van der Waals surface area (Å²) in [5.74, 6) is 0.558. The number of nitrogens with two attached hydrogens (primary N) is 1. The van der Waals surface area contributed by atoms with Crippen molar-refractivity contribution in [2.24, 2.45) is 5.14 Å². The molecule has 0 unspecified atom stereocenters. The second kappa shape index (κ2) is 6.98. The molecule has 0 aliphatic rings. The first-order valence-corrected chi connectivity index (χ1v) is 5.59. The fraction of sp³-hybridized carbons (Fsp3) is 0.455. The molecule has 0 bridgehead atoms. The highest BCUT2D eigenvalue weighted by Crippen LogP contribution is 2.24. The van der Waals surface area contributed by atoms with E-state index in [9.17, 15) is 0 Å². The molecule has 1 aromatic rings. The fourth-order valence-electron chi connectivity index (χ4n) is 1.06. The Kier molecular flexibility index (Phi) is 6.73. The van der Waals surface area contributed by atoms with Gasteiger partial charge in [-0.15, -0.1) is 0 Å². The average Bonchev–Trinajstić information content (AvgIpc) is 2.20. The van der Waals surface area contributed by atoms with E-state index < -0.39 is 0 Å². The Morgan fingerprint density at radius 2 is 1.69 bits per heavy atom. The van der Waals surface area contributed by atoms with E-state index in [0.29, 0.717) is 5.92 Å². The molecule has 1 rings (SSSR count). The van der Waals surface area contributed by atoms with Gasteiger partial charge in [0.2, 0.25) is 0 Å². The summed E-state index contributed by atoms with van der Waals surface area (Å²) in [5.41, 5.74) is 1.33. The predicted molar refractivity (Wildman–Crippen MR) is 61.9 cm³/mol. The zero-order valence-electron chi connectivity index (χ0n) is 8.87. The van der Waals surface area contributed by atoms with Crippen molar-refractivity contribution >= 4 is 11.9 Å². The lowest BCUT2D eigenvalue weighted by Crippen LogP contribution is -1.91. The molecule has 2 N–H and O–H groups in total. The second-order valence-electron chi connectivity index (χ2n) is 2.81. The van der Waals surface area contributed by atoms with E-state index in [-0.39, 0.29) is 0 Å². The Hall–Kier alpha value is -0.470. The van der Waals surface area contributed by atoms with Crippen LogP contribution in [0, 0.1) is 0 Å². The van der Waals surface area contributed by atoms with E-state index in [2.05, 4.69) is 32.0 Å². The van der Waals surface area contributed by atoms with Crippen molar-refractivity contribution < 1.29 is 0 Å². The van der Waals surface area contributed by atoms with Crippen LogP contribution in [0.15, 0.2) is 29.2 Å². The minimum atomic E-state index is 0.558. The van der Waals surface area contributed by atoms with Crippen molar-refractivity contribution in [1.82, 2.24) is 0 Å². The monoisotopic (exact) mass is 197 g/mol. The summed E-state index contributed by atoms with van der Waals surface area (Å²) in [6, 6.07) is 8.25. The van der Waals surface area contributed by atoms with Crippen molar-refractivity contribution in [1.29, 1.82) is 0 Å². The first-order chi connectivity index (χ1) is 6.25. The highest BCUT2D eigenvalue weighted by molar-refractivity contribution is 7.97. The molecule has 0 amide bonds. The van der Waals surface area contributed by atoms with Crippen LogP contribution in [0.5, 0.6) is 0 Å². The molecule has 2 heteroatoms. The third-order valence-electron chi connectivity index (χ3n) is 1.67. The molecule has 0 spiro atoms. The van der Waals surface area contributed by atoms with Crippen molar-refractivity contribution in [2.45, 2.75) is 38.5 Å². The maximum Gasteiger partial charge on any atom is 0.0260 e. The first-order valence-electron chi connectivity index (χ1n) is 4.71. The topological polar surface area (TPSA) is 26.0 Å². The maximum absolute atomic E-state index is 5.51. The van der Waals surface area contributed by atoms with Gasteiger partial charge in [-0.2, -0.15) is 0 Å². The summed E-state index contributed by atoms with van der Waals surface area (Å²) in [6.45, 7) is 8.35. The molecule has 0 saturated heterocycles. The summed E-state index contributed by atoms with van der Waals surface area (Å²) >= 11 is 1.32. The summed E-state index contributed by atoms with van der Waals surface area (Å²) in [5, 5.41) is 5.51. The molecule has 0 heterocycles. The van der Waals surface area contributed by atoms with E-state index in [1.807, 2.05) is 19.9 Å². The third kappa shape index (κ3) is 3.83. The average molecular weight is 197 g/mol. The Labute approximate surface area is 85.9 Å². The first kappa shape index (κ1) is 12.5. The van der Waals surface area contributed by atoms with Gasteiger partial charge in [0.1, 0.15) is 0 Å². The molecule has 1 nitrogen and oxygen atoms in total. The van der Waals surface area contributed by atoms with Crippen LogP contribution in [-0.2, 0) is 0 Å². The largest absolute Gasteiger partial charge is 0.274 e. The van der Waals surface area contributed by atoms with Crippen LogP contribution in [0.2, 0.25) is 0 Å². The lowest BCUT2D eigenvalue weighted by molar-refractivity contribution is 0.842. The molecule has 1 aromatic carbocycles. The predicted octanol–water partition coefficient (Wildman–Crippen LogP) is 3.80. The highest BCUT2D eigenvalue weighted by Gasteiger charge is 2.03. The van der Waals surface area contributed by atoms with Gasteiger partial charge in [-0.25, -0.2) is 0 Å². The summed E-state index contributed by atoms with van der Waals surface area (Å²) in [7, 11) is 0. The Bertz CT molecular complexity index is 233.